The van der Waals surface area contributed by atoms with Gasteiger partial charge in [-0.2, -0.15) is 0 Å². The summed E-state index contributed by atoms with van der Waals surface area (Å²) in [5.41, 5.74) is 4.31. The molecule has 0 radical (unpaired) electrons. The van der Waals surface area contributed by atoms with E-state index >= 15 is 0 Å². The topological polar surface area (TPSA) is 122 Å². The van der Waals surface area contributed by atoms with E-state index in [1.54, 1.807) is 20.3 Å². The lowest BCUT2D eigenvalue weighted by Gasteiger charge is -2.14. The third-order valence-corrected chi connectivity index (χ3v) is 6.47. The molecule has 1 heterocycles. The highest BCUT2D eigenvalue weighted by atomic mass is 16.5. The maximum absolute atomic E-state index is 10.5. The first kappa shape index (κ1) is 26.8. The number of aromatic hydroxyl groups is 3. The van der Waals surface area contributed by atoms with Crippen molar-refractivity contribution in [2.75, 3.05) is 20.8 Å². The first-order chi connectivity index (χ1) is 18.3. The Balaban J connectivity index is 1.39. The van der Waals surface area contributed by atoms with Crippen LogP contribution < -0.4 is 14.8 Å². The normalized spacial score (nSPS) is 11.2. The quantitative estimate of drug-likeness (QED) is 0.213. The van der Waals surface area contributed by atoms with Crippen LogP contribution in [0.15, 0.2) is 54.6 Å². The minimum Gasteiger partial charge on any atom is -0.508 e. The zero-order valence-corrected chi connectivity index (χ0v) is 22.1. The van der Waals surface area contributed by atoms with E-state index in [-0.39, 0.29) is 23.4 Å². The Morgan fingerprint density at radius 1 is 0.816 bits per heavy atom. The number of benzene rings is 3. The number of hydrogen-bond acceptors (Lipinski definition) is 8. The van der Waals surface area contributed by atoms with Crippen LogP contribution in [0.3, 0.4) is 0 Å². The third-order valence-electron chi connectivity index (χ3n) is 6.47. The van der Waals surface area contributed by atoms with Crippen LogP contribution in [-0.2, 0) is 19.5 Å². The van der Waals surface area contributed by atoms with E-state index in [9.17, 15) is 15.3 Å². The summed E-state index contributed by atoms with van der Waals surface area (Å²) in [5, 5.41) is 42.4. The number of ether oxygens (including phenoxy) is 2. The van der Waals surface area contributed by atoms with Crippen molar-refractivity contribution in [3.63, 3.8) is 0 Å². The lowest BCUT2D eigenvalue weighted by Crippen LogP contribution is -2.16. The van der Waals surface area contributed by atoms with Crippen LogP contribution in [0, 0.1) is 0 Å². The van der Waals surface area contributed by atoms with Gasteiger partial charge in [-0.3, -0.25) is 4.57 Å². The van der Waals surface area contributed by atoms with Gasteiger partial charge in [0.25, 0.3) is 0 Å². The highest BCUT2D eigenvalue weighted by Gasteiger charge is 2.20. The van der Waals surface area contributed by atoms with Crippen LogP contribution in [0.2, 0.25) is 0 Å². The molecule has 38 heavy (non-hydrogen) atoms. The molecule has 0 aliphatic heterocycles. The predicted octanol–water partition coefficient (Wildman–Crippen LogP) is 4.58. The van der Waals surface area contributed by atoms with Crippen LogP contribution >= 0.6 is 0 Å². The smallest absolute Gasteiger partial charge is 0.315 e. The van der Waals surface area contributed by atoms with Gasteiger partial charge in [-0.05, 0) is 59.3 Å². The van der Waals surface area contributed by atoms with Gasteiger partial charge in [0, 0.05) is 12.6 Å². The average Bonchev–Trinajstić information content (AvgIpc) is 3.26. The standard InChI is InChI=1S/C29H34N4O5/c1-18(2)22-14-23(25(35)15-24(22)34)28-31-32-29(36)33(28)17-21-7-5-20(6-8-21)16-30-12-11-19-9-10-26(37-3)27(13-19)38-4/h5-10,13-15,18,30,34-35H,11-12,16-17H2,1-4H3,(H,32,36). The van der Waals surface area contributed by atoms with Crippen molar-refractivity contribution in [3.05, 3.63) is 76.9 Å². The molecule has 4 aromatic rings. The molecular formula is C29H34N4O5. The second-order valence-corrected chi connectivity index (χ2v) is 9.43. The molecule has 3 aromatic carbocycles. The fourth-order valence-electron chi connectivity index (χ4n) is 4.32. The van der Waals surface area contributed by atoms with E-state index in [0.29, 0.717) is 23.5 Å². The molecule has 0 fully saturated rings. The Hall–Kier alpha value is -4.24. The van der Waals surface area contributed by atoms with Gasteiger partial charge < -0.3 is 30.1 Å². The molecule has 4 rings (SSSR count). The molecule has 0 spiro atoms. The van der Waals surface area contributed by atoms with Crippen molar-refractivity contribution in [2.24, 2.45) is 0 Å². The predicted molar refractivity (Wildman–Crippen MR) is 145 cm³/mol. The molecular weight excluding hydrogens is 484 g/mol. The summed E-state index contributed by atoms with van der Waals surface area (Å²) in [6.07, 6.45) is 0.858. The molecule has 0 amide bonds. The number of methoxy groups -OCH3 is 2. The number of nitrogens with one attached hydrogen (secondary N) is 1. The highest BCUT2D eigenvalue weighted by molar-refractivity contribution is 5.68. The number of nitrogens with zero attached hydrogens (tertiary/aromatic N) is 3. The Morgan fingerprint density at radius 2 is 1.50 bits per heavy atom. The minimum atomic E-state index is -0.250. The second kappa shape index (κ2) is 11.9. The fourth-order valence-corrected chi connectivity index (χ4v) is 4.32. The first-order valence-corrected chi connectivity index (χ1v) is 12.5. The lowest BCUT2D eigenvalue weighted by molar-refractivity contribution is 0.354. The minimum absolute atomic E-state index is 0.0180. The largest absolute Gasteiger partial charge is 0.508 e. The van der Waals surface area contributed by atoms with Crippen LogP contribution in [0.5, 0.6) is 29.0 Å². The van der Waals surface area contributed by atoms with E-state index in [2.05, 4.69) is 15.5 Å². The van der Waals surface area contributed by atoms with Gasteiger partial charge in [0.15, 0.2) is 17.3 Å². The molecule has 0 aliphatic carbocycles. The zero-order chi connectivity index (χ0) is 27.2. The monoisotopic (exact) mass is 518 g/mol. The van der Waals surface area contributed by atoms with E-state index in [0.717, 1.165) is 47.7 Å². The lowest BCUT2D eigenvalue weighted by atomic mass is 9.98. The van der Waals surface area contributed by atoms with Crippen molar-refractivity contribution < 1.29 is 24.8 Å². The van der Waals surface area contributed by atoms with Crippen LogP contribution in [0.1, 0.15) is 42.0 Å². The number of rotatable bonds is 11. The molecule has 0 aliphatic rings. The van der Waals surface area contributed by atoms with Crippen LogP contribution in [0.4, 0.5) is 0 Å². The molecule has 0 saturated carbocycles. The van der Waals surface area contributed by atoms with Crippen LogP contribution in [0.25, 0.3) is 11.4 Å². The summed E-state index contributed by atoms with van der Waals surface area (Å²) >= 11 is 0. The summed E-state index contributed by atoms with van der Waals surface area (Å²) in [5.74, 6) is 1.70. The van der Waals surface area contributed by atoms with Gasteiger partial charge in [-0.15, -0.1) is 5.10 Å². The number of hydrogen-bond donors (Lipinski definition) is 4. The van der Waals surface area contributed by atoms with Gasteiger partial charge in [-0.25, -0.2) is 0 Å². The summed E-state index contributed by atoms with van der Waals surface area (Å²) in [4.78, 5) is 0. The third kappa shape index (κ3) is 6.00. The molecule has 9 heteroatoms. The van der Waals surface area contributed by atoms with E-state index < -0.39 is 0 Å². The van der Waals surface area contributed by atoms with Gasteiger partial charge in [0.2, 0.25) is 0 Å². The van der Waals surface area contributed by atoms with E-state index in [1.165, 1.54) is 10.6 Å². The molecule has 9 nitrogen and oxygen atoms in total. The first-order valence-electron chi connectivity index (χ1n) is 12.5. The SMILES string of the molecule is COc1ccc(CCNCc2ccc(Cn3c(O)nnc3-c3cc(C(C)C)c(O)cc3O)cc2)cc1OC. The number of aromatic nitrogens is 3. The van der Waals surface area contributed by atoms with Gasteiger partial charge in [0.05, 0.1) is 26.3 Å². The molecule has 0 unspecified atom stereocenters. The molecule has 1 aromatic heterocycles. The maximum atomic E-state index is 10.5. The molecule has 0 saturated heterocycles. The van der Waals surface area contributed by atoms with Gasteiger partial charge in [0.1, 0.15) is 11.5 Å². The van der Waals surface area contributed by atoms with Crippen molar-refractivity contribution in [1.29, 1.82) is 0 Å². The van der Waals surface area contributed by atoms with E-state index in [1.807, 2.05) is 56.3 Å². The Kier molecular flexibility index (Phi) is 8.38. The summed E-state index contributed by atoms with van der Waals surface area (Å²) in [6.45, 7) is 5.74. The van der Waals surface area contributed by atoms with Crippen molar-refractivity contribution in [3.8, 4) is 40.4 Å². The maximum Gasteiger partial charge on any atom is 0.315 e. The van der Waals surface area contributed by atoms with E-state index in [4.69, 9.17) is 9.47 Å². The molecule has 0 bridgehead atoms. The molecule has 0 atom stereocenters. The molecule has 4 N–H and O–H groups in total. The number of phenols is 2. The summed E-state index contributed by atoms with van der Waals surface area (Å²) < 4.78 is 12.2. The van der Waals surface area contributed by atoms with Crippen LogP contribution in [-0.4, -0.2) is 50.8 Å². The highest BCUT2D eigenvalue weighted by Crippen LogP contribution is 2.38. The summed E-state index contributed by atoms with van der Waals surface area (Å²) in [6, 6.07) is 16.7. The average molecular weight is 519 g/mol. The Labute approximate surface area is 222 Å². The van der Waals surface area contributed by atoms with Crippen molar-refractivity contribution >= 4 is 0 Å². The van der Waals surface area contributed by atoms with Crippen molar-refractivity contribution in [1.82, 2.24) is 20.1 Å². The number of phenolic OH excluding ortho intramolecular Hbond substituents is 2. The molecule has 200 valence electrons. The fraction of sp³-hybridized carbons (Fsp3) is 0.310. The Bertz CT molecular complexity index is 1380. The summed E-state index contributed by atoms with van der Waals surface area (Å²) in [7, 11) is 3.26. The zero-order valence-electron chi connectivity index (χ0n) is 22.1. The Morgan fingerprint density at radius 3 is 2.18 bits per heavy atom. The van der Waals surface area contributed by atoms with Gasteiger partial charge >= 0.3 is 6.01 Å². The second-order valence-electron chi connectivity index (χ2n) is 9.43. The van der Waals surface area contributed by atoms with Crippen molar-refractivity contribution in [2.45, 2.75) is 39.3 Å². The van der Waals surface area contributed by atoms with Gasteiger partial charge in [-0.1, -0.05) is 49.3 Å².